The first-order valence-electron chi connectivity index (χ1n) is 9.68. The fraction of sp³-hybridized carbons (Fsp3) is 0.435. The van der Waals surface area contributed by atoms with Crippen molar-refractivity contribution in [3.05, 3.63) is 69.8 Å². The van der Waals surface area contributed by atoms with Crippen LogP contribution in [0.2, 0.25) is 0 Å². The van der Waals surface area contributed by atoms with Gasteiger partial charge in [-0.15, -0.1) is 0 Å². The minimum absolute atomic E-state index is 0.298. The Hall–Kier alpha value is -2.49. The lowest BCUT2D eigenvalue weighted by Gasteiger charge is -2.19. The molecule has 0 aromatic rings. The van der Waals surface area contributed by atoms with Crippen molar-refractivity contribution in [1.29, 1.82) is 0 Å². The highest BCUT2D eigenvalue weighted by molar-refractivity contribution is 5.74. The van der Waals surface area contributed by atoms with Crippen molar-refractivity contribution in [3.63, 3.8) is 0 Å². The van der Waals surface area contributed by atoms with Crippen LogP contribution in [-0.4, -0.2) is 18.1 Å². The third kappa shape index (κ3) is 6.02. The van der Waals surface area contributed by atoms with Crippen molar-refractivity contribution < 1.29 is 14.6 Å². The zero-order valence-electron chi connectivity index (χ0n) is 16.7. The Morgan fingerprint density at radius 2 is 1.89 bits per heavy atom. The second-order valence-corrected chi connectivity index (χ2v) is 7.00. The number of rotatable bonds is 8. The van der Waals surface area contributed by atoms with Crippen LogP contribution in [0.25, 0.3) is 0 Å². The first kappa shape index (κ1) is 20.8. The van der Waals surface area contributed by atoms with E-state index in [4.69, 9.17) is 10.5 Å². The fourth-order valence-corrected chi connectivity index (χ4v) is 3.51. The summed E-state index contributed by atoms with van der Waals surface area (Å²) in [6.45, 7) is 4.22. The molecule has 4 nitrogen and oxygen atoms in total. The summed E-state index contributed by atoms with van der Waals surface area (Å²) < 4.78 is 5.40. The summed E-state index contributed by atoms with van der Waals surface area (Å²) in [6.07, 6.45) is 15.6. The van der Waals surface area contributed by atoms with Crippen LogP contribution in [0.3, 0.4) is 0 Å². The second-order valence-electron chi connectivity index (χ2n) is 7.00. The molecule has 146 valence electrons. The predicted octanol–water partition coefficient (Wildman–Crippen LogP) is 5.32. The van der Waals surface area contributed by atoms with Gasteiger partial charge in [0.1, 0.15) is 11.5 Å². The van der Waals surface area contributed by atoms with E-state index in [-0.39, 0.29) is 5.91 Å². The van der Waals surface area contributed by atoms with E-state index in [1.54, 1.807) is 7.11 Å². The summed E-state index contributed by atoms with van der Waals surface area (Å²) in [5.74, 6) is 0.919. The van der Waals surface area contributed by atoms with Gasteiger partial charge < -0.3 is 15.6 Å². The van der Waals surface area contributed by atoms with Gasteiger partial charge >= 0.3 is 0 Å². The van der Waals surface area contributed by atoms with E-state index in [0.29, 0.717) is 18.6 Å². The van der Waals surface area contributed by atoms with Crippen molar-refractivity contribution in [2.24, 2.45) is 5.73 Å². The molecule has 0 spiro atoms. The molecular weight excluding hydrogens is 338 g/mol. The monoisotopic (exact) mass is 369 g/mol. The average Bonchev–Trinajstić information content (AvgIpc) is 2.67. The minimum Gasteiger partial charge on any atom is -0.508 e. The van der Waals surface area contributed by atoms with E-state index in [1.165, 1.54) is 11.1 Å². The Labute approximate surface area is 162 Å². The van der Waals surface area contributed by atoms with Gasteiger partial charge in [0.05, 0.1) is 7.11 Å². The number of carbonyl (C=O) groups excluding carboxylic acids is 1. The molecular formula is C23H31NO3. The lowest BCUT2D eigenvalue weighted by molar-refractivity contribution is -0.117. The zero-order valence-corrected chi connectivity index (χ0v) is 16.7. The number of ether oxygens (including phenoxy) is 1. The molecule has 2 rings (SSSR count). The van der Waals surface area contributed by atoms with E-state index < -0.39 is 0 Å². The molecule has 0 bridgehead atoms. The van der Waals surface area contributed by atoms with Crippen molar-refractivity contribution >= 4 is 5.91 Å². The molecule has 0 fully saturated rings. The molecule has 2 aliphatic carbocycles. The average molecular weight is 370 g/mol. The molecule has 0 unspecified atom stereocenters. The molecule has 0 atom stereocenters. The smallest absolute Gasteiger partial charge is 0.217 e. The Morgan fingerprint density at radius 1 is 1.19 bits per heavy atom. The van der Waals surface area contributed by atoms with Crippen LogP contribution in [0.15, 0.2) is 69.8 Å². The number of allylic oxidation sites excluding steroid dienone is 10. The van der Waals surface area contributed by atoms with Gasteiger partial charge in [-0.05, 0) is 97.6 Å². The minimum atomic E-state index is -0.298. The van der Waals surface area contributed by atoms with Gasteiger partial charge in [0, 0.05) is 6.42 Å². The van der Waals surface area contributed by atoms with Gasteiger partial charge in [-0.25, -0.2) is 0 Å². The number of primary amides is 1. The van der Waals surface area contributed by atoms with Gasteiger partial charge in [0.2, 0.25) is 5.91 Å². The topological polar surface area (TPSA) is 72.6 Å². The van der Waals surface area contributed by atoms with Crippen LogP contribution in [0.4, 0.5) is 0 Å². The number of amides is 1. The van der Waals surface area contributed by atoms with Crippen molar-refractivity contribution in [3.8, 4) is 0 Å². The van der Waals surface area contributed by atoms with Crippen molar-refractivity contribution in [2.45, 2.75) is 58.8 Å². The summed E-state index contributed by atoms with van der Waals surface area (Å²) in [5, 5.41) is 9.86. The van der Waals surface area contributed by atoms with Gasteiger partial charge in [-0.2, -0.15) is 0 Å². The molecule has 0 aromatic heterocycles. The lowest BCUT2D eigenvalue weighted by atomic mass is 9.88. The number of aliphatic hydroxyl groups excluding tert-OH is 1. The van der Waals surface area contributed by atoms with E-state index in [2.05, 4.69) is 32.1 Å². The molecule has 2 aliphatic rings. The first-order valence-corrected chi connectivity index (χ1v) is 9.68. The summed E-state index contributed by atoms with van der Waals surface area (Å²) in [4.78, 5) is 11.4. The maximum atomic E-state index is 11.4. The standard InChI is InChI=1S/C23H31NO3/c1-4-17(20-8-6-10-22(15-20)27-3)13-19(11-12-23(24)26)16(2)18-7-5-9-21(25)14-18/h9-10,13-15,25H,4-8,11-12H2,1-3H3,(H2,24,26)/b17-13+,19-16+. The third-order valence-corrected chi connectivity index (χ3v) is 5.15. The van der Waals surface area contributed by atoms with Crippen LogP contribution in [-0.2, 0) is 9.53 Å². The lowest BCUT2D eigenvalue weighted by Crippen LogP contribution is -2.10. The molecule has 4 heteroatoms. The number of aliphatic hydroxyl groups is 1. The number of methoxy groups -OCH3 is 1. The molecule has 0 aliphatic heterocycles. The third-order valence-electron chi connectivity index (χ3n) is 5.15. The molecule has 1 amide bonds. The van der Waals surface area contributed by atoms with Crippen LogP contribution < -0.4 is 5.73 Å². The largest absolute Gasteiger partial charge is 0.508 e. The molecule has 0 saturated heterocycles. The fourth-order valence-electron chi connectivity index (χ4n) is 3.51. The van der Waals surface area contributed by atoms with E-state index >= 15 is 0 Å². The van der Waals surface area contributed by atoms with Gasteiger partial charge in [-0.3, -0.25) is 4.79 Å². The number of hydrogen-bond acceptors (Lipinski definition) is 3. The van der Waals surface area contributed by atoms with Crippen LogP contribution in [0.1, 0.15) is 58.8 Å². The number of carbonyl (C=O) groups is 1. The normalized spacial score (nSPS) is 18.7. The van der Waals surface area contributed by atoms with Gasteiger partial charge in [-0.1, -0.05) is 13.0 Å². The van der Waals surface area contributed by atoms with Crippen LogP contribution >= 0.6 is 0 Å². The van der Waals surface area contributed by atoms with Crippen LogP contribution in [0, 0.1) is 0 Å². The van der Waals surface area contributed by atoms with E-state index in [9.17, 15) is 9.90 Å². The predicted molar refractivity (Wildman–Crippen MR) is 110 cm³/mol. The first-order chi connectivity index (χ1) is 12.9. The summed E-state index contributed by atoms with van der Waals surface area (Å²) in [5.41, 5.74) is 11.3. The SMILES string of the molecule is CC/C(=C\C(CCC(N)=O)=C(/C)C1=CC(O)=CCC1)C1=CC(OC)=CCC1. The highest BCUT2D eigenvalue weighted by atomic mass is 16.5. The molecule has 0 radical (unpaired) electrons. The quantitative estimate of drug-likeness (QED) is 0.569. The number of nitrogens with two attached hydrogens (primary N) is 1. The van der Waals surface area contributed by atoms with Gasteiger partial charge in [0.15, 0.2) is 0 Å². The molecule has 3 N–H and O–H groups in total. The van der Waals surface area contributed by atoms with E-state index in [0.717, 1.165) is 54.6 Å². The summed E-state index contributed by atoms with van der Waals surface area (Å²) in [7, 11) is 1.69. The Morgan fingerprint density at radius 3 is 2.52 bits per heavy atom. The Kier molecular flexibility index (Phi) is 7.71. The summed E-state index contributed by atoms with van der Waals surface area (Å²) >= 11 is 0. The summed E-state index contributed by atoms with van der Waals surface area (Å²) in [6, 6.07) is 0. The van der Waals surface area contributed by atoms with E-state index in [1.807, 2.05) is 12.2 Å². The molecule has 0 heterocycles. The maximum Gasteiger partial charge on any atom is 0.217 e. The molecule has 0 saturated carbocycles. The Bertz CT molecular complexity index is 760. The van der Waals surface area contributed by atoms with Crippen LogP contribution in [0.5, 0.6) is 0 Å². The zero-order chi connectivity index (χ0) is 19.8. The molecule has 27 heavy (non-hydrogen) atoms. The van der Waals surface area contributed by atoms with Gasteiger partial charge in [0.25, 0.3) is 0 Å². The second kappa shape index (κ2) is 10.0. The highest BCUT2D eigenvalue weighted by Gasteiger charge is 2.14. The number of hydrogen-bond donors (Lipinski definition) is 2. The highest BCUT2D eigenvalue weighted by Crippen LogP contribution is 2.31. The maximum absolute atomic E-state index is 11.4. The molecule has 0 aromatic carbocycles. The van der Waals surface area contributed by atoms with Crippen molar-refractivity contribution in [1.82, 2.24) is 0 Å². The van der Waals surface area contributed by atoms with Crippen molar-refractivity contribution in [2.75, 3.05) is 7.11 Å². The Balaban J connectivity index is 2.43.